The third-order valence-corrected chi connectivity index (χ3v) is 6.19. The normalized spacial score (nSPS) is 13.7. The zero-order chi connectivity index (χ0) is 27.6. The molecule has 0 aliphatic carbocycles. The molecule has 0 fully saturated rings. The summed E-state index contributed by atoms with van der Waals surface area (Å²) in [7, 11) is 0. The molecule has 0 bridgehead atoms. The Balaban J connectivity index is 0.000000219. The van der Waals surface area contributed by atoms with Gasteiger partial charge < -0.3 is 24.6 Å². The summed E-state index contributed by atoms with van der Waals surface area (Å²) in [6, 6.07) is 32.1. The zero-order valence-electron chi connectivity index (χ0n) is 22.2. The SMILES string of the molecule is Fc1c[c-]c(-c2ccccn2)c(F)c1.[Ir].[c-]1ccccc1N1C=CN(CCCCN2C=CN(c3[c-]cccc3)[CH-]2)[CH-]1. The van der Waals surface area contributed by atoms with Gasteiger partial charge in [-0.2, -0.15) is 74.0 Å². The van der Waals surface area contributed by atoms with Crippen LogP contribution in [0.25, 0.3) is 11.3 Å². The Labute approximate surface area is 254 Å². The number of nitrogens with zero attached hydrogens (tertiary/aromatic N) is 5. The van der Waals surface area contributed by atoms with E-state index < -0.39 is 11.6 Å². The van der Waals surface area contributed by atoms with E-state index in [-0.39, 0.29) is 25.7 Å². The molecule has 0 atom stereocenters. The third kappa shape index (κ3) is 8.49. The van der Waals surface area contributed by atoms with Crippen LogP contribution >= 0.6 is 0 Å². The zero-order valence-corrected chi connectivity index (χ0v) is 24.6. The molecular weight excluding hydrogens is 697 g/mol. The fraction of sp³-hybridized carbons (Fsp3) is 0.121. The molecule has 0 spiro atoms. The first-order chi connectivity index (χ1) is 19.7. The molecule has 0 saturated heterocycles. The van der Waals surface area contributed by atoms with Crippen LogP contribution < -0.4 is 9.80 Å². The minimum Gasteiger partial charge on any atom is -0.508 e. The summed E-state index contributed by atoms with van der Waals surface area (Å²) in [6.07, 6.45) is 12.2. The summed E-state index contributed by atoms with van der Waals surface area (Å²) in [4.78, 5) is 12.6. The molecule has 41 heavy (non-hydrogen) atoms. The second-order valence-electron chi connectivity index (χ2n) is 9.08. The predicted molar refractivity (Wildman–Crippen MR) is 153 cm³/mol. The van der Waals surface area contributed by atoms with E-state index in [9.17, 15) is 8.78 Å². The van der Waals surface area contributed by atoms with Gasteiger partial charge in [0.25, 0.3) is 0 Å². The van der Waals surface area contributed by atoms with Crippen LogP contribution in [0, 0.1) is 43.2 Å². The fourth-order valence-corrected chi connectivity index (χ4v) is 4.17. The van der Waals surface area contributed by atoms with Crippen LogP contribution in [-0.4, -0.2) is 27.9 Å². The van der Waals surface area contributed by atoms with Gasteiger partial charge in [0.1, 0.15) is 0 Å². The van der Waals surface area contributed by atoms with Gasteiger partial charge in [-0.3, -0.25) is 8.78 Å². The molecular formula is C33H28F2IrN5-5. The molecule has 213 valence electrons. The minimum absolute atomic E-state index is 0. The van der Waals surface area contributed by atoms with Gasteiger partial charge in [0.15, 0.2) is 0 Å². The van der Waals surface area contributed by atoms with Crippen LogP contribution in [0.15, 0.2) is 110 Å². The number of pyridine rings is 1. The number of unbranched alkanes of at least 4 members (excludes halogenated alkanes) is 1. The predicted octanol–water partition coefficient (Wildman–Crippen LogP) is 7.02. The summed E-state index contributed by atoms with van der Waals surface area (Å²) < 4.78 is 25.8. The van der Waals surface area contributed by atoms with E-state index >= 15 is 0 Å². The Morgan fingerprint density at radius 2 is 1.29 bits per heavy atom. The van der Waals surface area contributed by atoms with Gasteiger partial charge in [-0.15, -0.1) is 23.5 Å². The second-order valence-corrected chi connectivity index (χ2v) is 9.08. The quantitative estimate of drug-likeness (QED) is 0.144. The molecule has 2 aliphatic heterocycles. The van der Waals surface area contributed by atoms with Gasteiger partial charge in [0.2, 0.25) is 0 Å². The topological polar surface area (TPSA) is 25.9 Å². The Hall–Kier alpha value is -4.00. The molecule has 1 radical (unpaired) electrons. The standard InChI is InChI=1S/C22H22N4.C11H6F2N.Ir/c1-3-9-21(10-4-1)25-17-15-23(19-25)13-7-8-14-24-16-18-26(20-24)22-11-5-2-6-12-22;12-8-4-5-9(10(13)7-8)11-3-1-2-6-14-11;/h1-6,9,11,15-20H,7-8,13-14H2;1-4,6-7H;/q-4;-1;. The molecule has 0 amide bonds. The molecule has 5 nitrogen and oxygen atoms in total. The van der Waals surface area contributed by atoms with Gasteiger partial charge in [0.05, 0.1) is 0 Å². The van der Waals surface area contributed by atoms with Crippen LogP contribution in [0.4, 0.5) is 20.2 Å². The van der Waals surface area contributed by atoms with Crippen molar-refractivity contribution in [1.82, 2.24) is 14.8 Å². The maximum absolute atomic E-state index is 13.2. The van der Waals surface area contributed by atoms with Crippen LogP contribution in [0.3, 0.4) is 0 Å². The Kier molecular flexibility index (Phi) is 11.1. The van der Waals surface area contributed by atoms with E-state index in [1.165, 1.54) is 0 Å². The summed E-state index contributed by atoms with van der Waals surface area (Å²) >= 11 is 0. The van der Waals surface area contributed by atoms with Crippen molar-refractivity contribution >= 4 is 11.4 Å². The van der Waals surface area contributed by atoms with Crippen LogP contribution in [0.2, 0.25) is 0 Å². The summed E-state index contributed by atoms with van der Waals surface area (Å²) in [5.74, 6) is -1.29. The van der Waals surface area contributed by atoms with Crippen molar-refractivity contribution in [3.8, 4) is 11.3 Å². The van der Waals surface area contributed by atoms with E-state index in [4.69, 9.17) is 0 Å². The summed E-state index contributed by atoms with van der Waals surface area (Å²) in [5.41, 5.74) is 2.78. The average molecular weight is 725 g/mol. The maximum Gasteiger partial charge on any atom is 0.0408 e. The molecule has 1 aromatic heterocycles. The van der Waals surface area contributed by atoms with Crippen molar-refractivity contribution in [1.29, 1.82) is 0 Å². The Bertz CT molecular complexity index is 1340. The number of hydrogen-bond acceptors (Lipinski definition) is 5. The van der Waals surface area contributed by atoms with E-state index in [0.717, 1.165) is 49.4 Å². The van der Waals surface area contributed by atoms with Crippen molar-refractivity contribution in [2.75, 3.05) is 22.9 Å². The number of hydrogen-bond donors (Lipinski definition) is 0. The molecule has 0 unspecified atom stereocenters. The monoisotopic (exact) mass is 725 g/mol. The molecule has 4 aromatic rings. The molecule has 2 aliphatic rings. The maximum atomic E-state index is 13.2. The van der Waals surface area contributed by atoms with Crippen LogP contribution in [0.1, 0.15) is 12.8 Å². The number of anilines is 2. The van der Waals surface area contributed by atoms with E-state index in [2.05, 4.69) is 93.1 Å². The first kappa shape index (κ1) is 30.0. The largest absolute Gasteiger partial charge is 0.508 e. The van der Waals surface area contributed by atoms with Gasteiger partial charge in [-0.05, 0) is 62.5 Å². The smallest absolute Gasteiger partial charge is 0.0408 e. The van der Waals surface area contributed by atoms with Crippen molar-refractivity contribution < 1.29 is 28.9 Å². The van der Waals surface area contributed by atoms with E-state index in [1.54, 1.807) is 24.4 Å². The number of rotatable bonds is 8. The van der Waals surface area contributed by atoms with Gasteiger partial charge in [0, 0.05) is 37.9 Å². The third-order valence-electron chi connectivity index (χ3n) is 6.19. The number of benzene rings is 3. The summed E-state index contributed by atoms with van der Waals surface area (Å²) in [6.45, 7) is 6.29. The first-order valence-electron chi connectivity index (χ1n) is 13.0. The molecule has 0 saturated carbocycles. The number of halogens is 2. The first-order valence-corrected chi connectivity index (χ1v) is 13.0. The average Bonchev–Trinajstić information content (AvgIpc) is 3.68. The second kappa shape index (κ2) is 15.1. The number of para-hydroxylation sites is 2. The van der Waals surface area contributed by atoms with Crippen LogP contribution in [0.5, 0.6) is 0 Å². The van der Waals surface area contributed by atoms with Gasteiger partial charge in [-0.25, -0.2) is 0 Å². The van der Waals surface area contributed by atoms with Crippen LogP contribution in [-0.2, 0) is 20.1 Å². The fourth-order valence-electron chi connectivity index (χ4n) is 4.17. The van der Waals surface area contributed by atoms with E-state index in [0.29, 0.717) is 5.69 Å². The van der Waals surface area contributed by atoms with Gasteiger partial charge >= 0.3 is 0 Å². The molecule has 6 rings (SSSR count). The van der Waals surface area contributed by atoms with E-state index in [1.807, 2.05) is 36.4 Å². The van der Waals surface area contributed by atoms with Crippen molar-refractivity contribution in [3.05, 3.63) is 153 Å². The van der Waals surface area contributed by atoms with Crippen molar-refractivity contribution in [2.24, 2.45) is 0 Å². The molecule has 0 N–H and O–H groups in total. The minimum atomic E-state index is -0.649. The molecule has 8 heteroatoms. The molecule has 3 heterocycles. The number of aromatic nitrogens is 1. The van der Waals surface area contributed by atoms with Crippen molar-refractivity contribution in [3.63, 3.8) is 0 Å². The Morgan fingerprint density at radius 1 is 0.707 bits per heavy atom. The summed E-state index contributed by atoms with van der Waals surface area (Å²) in [5, 5.41) is 0. The Morgan fingerprint density at radius 3 is 1.78 bits per heavy atom. The molecule has 3 aromatic carbocycles. The van der Waals surface area contributed by atoms with Gasteiger partial charge in [-0.1, -0.05) is 23.8 Å². The van der Waals surface area contributed by atoms with Crippen molar-refractivity contribution in [2.45, 2.75) is 12.8 Å².